The van der Waals surface area contributed by atoms with Crippen molar-refractivity contribution >= 4 is 20.6 Å². The van der Waals surface area contributed by atoms with E-state index in [2.05, 4.69) is 6.92 Å². The van der Waals surface area contributed by atoms with Crippen LogP contribution >= 0.6 is 8.69 Å². The van der Waals surface area contributed by atoms with Crippen molar-refractivity contribution < 1.29 is 28.2 Å². The van der Waals surface area contributed by atoms with E-state index in [1.807, 2.05) is 0 Å². The molecule has 200 valence electrons. The molecule has 0 spiro atoms. The minimum Gasteiger partial charge on any atom is -0.462 e. The number of carbonyl (C=O) groups excluding carboxylic acids is 2. The van der Waals surface area contributed by atoms with E-state index < -0.39 is 14.8 Å². The van der Waals surface area contributed by atoms with Gasteiger partial charge in [-0.05, 0) is 25.8 Å². The van der Waals surface area contributed by atoms with Crippen LogP contribution in [0.3, 0.4) is 0 Å². The van der Waals surface area contributed by atoms with Gasteiger partial charge in [-0.25, -0.2) is 4.57 Å². The quantitative estimate of drug-likeness (QED) is 0.0765. The molecule has 0 aromatic carbocycles. The molecule has 0 aliphatic heterocycles. The SMILES string of the molecule is CCCCCCCCCCCC(=O)O[C@@H](COP=O)COC(=O)CCCCCCCCCCN. The minimum absolute atomic E-state index is 0.0635. The normalized spacial score (nSPS) is 12.1. The fraction of sp³-hybridized carbons (Fsp3) is 0.923. The van der Waals surface area contributed by atoms with Gasteiger partial charge in [0, 0.05) is 12.8 Å². The maximum absolute atomic E-state index is 12.1. The summed E-state index contributed by atoms with van der Waals surface area (Å²) in [5.41, 5.74) is 5.49. The van der Waals surface area contributed by atoms with Crippen LogP contribution in [0, 0.1) is 0 Å². The van der Waals surface area contributed by atoms with Gasteiger partial charge in [-0.2, -0.15) is 0 Å². The van der Waals surface area contributed by atoms with Gasteiger partial charge in [-0.3, -0.25) is 14.1 Å². The zero-order valence-corrected chi connectivity index (χ0v) is 22.5. The van der Waals surface area contributed by atoms with Gasteiger partial charge in [0.05, 0.1) is 0 Å². The summed E-state index contributed by atoms with van der Waals surface area (Å²) < 4.78 is 26.1. The third-order valence-electron chi connectivity index (χ3n) is 5.86. The van der Waals surface area contributed by atoms with Gasteiger partial charge >= 0.3 is 20.6 Å². The van der Waals surface area contributed by atoms with Gasteiger partial charge in [0.15, 0.2) is 6.10 Å². The van der Waals surface area contributed by atoms with E-state index in [1.165, 1.54) is 64.2 Å². The van der Waals surface area contributed by atoms with Crippen molar-refractivity contribution in [3.05, 3.63) is 0 Å². The molecule has 0 radical (unpaired) electrons. The molecule has 0 saturated carbocycles. The van der Waals surface area contributed by atoms with Crippen LogP contribution in [0.2, 0.25) is 0 Å². The van der Waals surface area contributed by atoms with Crippen molar-refractivity contribution in [1.29, 1.82) is 0 Å². The highest BCUT2D eigenvalue weighted by Crippen LogP contribution is 2.13. The molecule has 0 aromatic heterocycles. The standard InChI is InChI=1S/C26H50NO6P/c1-2-3-4-5-6-7-11-14-17-20-26(29)33-24(23-32-34-30)22-31-25(28)19-16-13-10-8-9-12-15-18-21-27/h24H,2-23,27H2,1H3/t24-/m1/s1. The summed E-state index contributed by atoms with van der Waals surface area (Å²) in [6, 6.07) is 0. The molecule has 0 rings (SSSR count). The number of rotatable bonds is 26. The van der Waals surface area contributed by atoms with Crippen molar-refractivity contribution in [1.82, 2.24) is 0 Å². The van der Waals surface area contributed by atoms with Crippen molar-refractivity contribution in [3.8, 4) is 0 Å². The maximum atomic E-state index is 12.1. The highest BCUT2D eigenvalue weighted by atomic mass is 31.1. The molecule has 0 aliphatic rings. The fourth-order valence-corrected chi connectivity index (χ4v) is 4.01. The first kappa shape index (κ1) is 33.0. The number of unbranched alkanes of at least 4 members (excludes halogenated alkanes) is 15. The summed E-state index contributed by atoms with van der Waals surface area (Å²) in [5, 5.41) is 0. The van der Waals surface area contributed by atoms with Crippen LogP contribution in [0.25, 0.3) is 0 Å². The third kappa shape index (κ3) is 24.1. The zero-order valence-electron chi connectivity index (χ0n) is 21.6. The van der Waals surface area contributed by atoms with Crippen molar-refractivity contribution in [2.24, 2.45) is 5.73 Å². The van der Waals surface area contributed by atoms with Gasteiger partial charge in [-0.1, -0.05) is 96.8 Å². The lowest BCUT2D eigenvalue weighted by Crippen LogP contribution is -2.28. The van der Waals surface area contributed by atoms with Gasteiger partial charge in [0.1, 0.15) is 13.2 Å². The second kappa shape index (κ2) is 26.6. The molecule has 0 saturated heterocycles. The summed E-state index contributed by atoms with van der Waals surface area (Å²) in [5.74, 6) is -0.635. The highest BCUT2D eigenvalue weighted by molar-refractivity contribution is 7.17. The largest absolute Gasteiger partial charge is 0.462 e. The molecule has 0 aromatic rings. The summed E-state index contributed by atoms with van der Waals surface area (Å²) in [6.07, 6.45) is 19.4. The first-order valence-electron chi connectivity index (χ1n) is 13.6. The summed E-state index contributed by atoms with van der Waals surface area (Å²) in [4.78, 5) is 24.1. The molecule has 0 amide bonds. The van der Waals surface area contributed by atoms with Crippen LogP contribution in [-0.2, 0) is 28.2 Å². The van der Waals surface area contributed by atoms with Crippen LogP contribution in [-0.4, -0.2) is 37.8 Å². The lowest BCUT2D eigenvalue weighted by Gasteiger charge is -2.16. The Morgan fingerprint density at radius 2 is 1.15 bits per heavy atom. The minimum atomic E-state index is -0.731. The molecule has 0 bridgehead atoms. The Kier molecular flexibility index (Phi) is 25.8. The smallest absolute Gasteiger partial charge is 0.327 e. The first-order chi connectivity index (χ1) is 16.6. The van der Waals surface area contributed by atoms with Crippen LogP contribution in [0.15, 0.2) is 0 Å². The second-order valence-electron chi connectivity index (χ2n) is 9.11. The Bertz CT molecular complexity index is 492. The Hall–Kier alpha value is -1.04. The molecule has 0 heterocycles. The zero-order chi connectivity index (χ0) is 25.1. The monoisotopic (exact) mass is 503 g/mol. The van der Waals surface area contributed by atoms with E-state index in [9.17, 15) is 14.2 Å². The van der Waals surface area contributed by atoms with Crippen LogP contribution in [0.5, 0.6) is 0 Å². The van der Waals surface area contributed by atoms with Crippen molar-refractivity contribution in [2.45, 2.75) is 135 Å². The van der Waals surface area contributed by atoms with Crippen LogP contribution in [0.1, 0.15) is 129 Å². The first-order valence-corrected chi connectivity index (χ1v) is 14.4. The molecule has 34 heavy (non-hydrogen) atoms. The predicted octanol–water partition coefficient (Wildman–Crippen LogP) is 7.06. The van der Waals surface area contributed by atoms with Gasteiger partial charge < -0.3 is 15.2 Å². The topological polar surface area (TPSA) is 105 Å². The third-order valence-corrected chi connectivity index (χ3v) is 6.12. The van der Waals surface area contributed by atoms with Crippen LogP contribution < -0.4 is 5.73 Å². The fourth-order valence-electron chi connectivity index (χ4n) is 3.79. The van der Waals surface area contributed by atoms with E-state index in [1.54, 1.807) is 0 Å². The van der Waals surface area contributed by atoms with Crippen LogP contribution in [0.4, 0.5) is 0 Å². The van der Waals surface area contributed by atoms with Gasteiger partial charge in [-0.15, -0.1) is 0 Å². The maximum Gasteiger partial charge on any atom is 0.327 e. The molecule has 7 nitrogen and oxygen atoms in total. The number of hydrogen-bond donors (Lipinski definition) is 1. The number of carbonyl (C=O) groups is 2. The average Bonchev–Trinajstić information content (AvgIpc) is 2.83. The molecule has 8 heteroatoms. The number of hydrogen-bond acceptors (Lipinski definition) is 7. The molecule has 0 unspecified atom stereocenters. The van der Waals surface area contributed by atoms with Gasteiger partial charge in [0.25, 0.3) is 0 Å². The number of nitrogens with two attached hydrogens (primary N) is 1. The number of esters is 2. The lowest BCUT2D eigenvalue weighted by molar-refractivity contribution is -0.160. The summed E-state index contributed by atoms with van der Waals surface area (Å²) >= 11 is 0. The molecular weight excluding hydrogens is 453 g/mol. The highest BCUT2D eigenvalue weighted by Gasteiger charge is 2.17. The summed E-state index contributed by atoms with van der Waals surface area (Å²) in [6.45, 7) is 2.85. The Morgan fingerprint density at radius 1 is 0.676 bits per heavy atom. The molecule has 2 N–H and O–H groups in total. The summed E-state index contributed by atoms with van der Waals surface area (Å²) in [7, 11) is -0.489. The number of ether oxygens (including phenoxy) is 2. The lowest BCUT2D eigenvalue weighted by atomic mass is 10.1. The predicted molar refractivity (Wildman–Crippen MR) is 137 cm³/mol. The van der Waals surface area contributed by atoms with Crippen molar-refractivity contribution in [3.63, 3.8) is 0 Å². The molecule has 0 fully saturated rings. The van der Waals surface area contributed by atoms with E-state index in [-0.39, 0.29) is 25.2 Å². The Morgan fingerprint density at radius 3 is 1.65 bits per heavy atom. The van der Waals surface area contributed by atoms with E-state index in [0.29, 0.717) is 12.8 Å². The molecular formula is C26H50NO6P. The van der Waals surface area contributed by atoms with Gasteiger partial charge in [0.2, 0.25) is 0 Å². The Balaban J connectivity index is 3.85. The average molecular weight is 504 g/mol. The second-order valence-corrected chi connectivity index (χ2v) is 9.52. The molecule has 0 aliphatic carbocycles. The molecule has 1 atom stereocenters. The van der Waals surface area contributed by atoms with E-state index in [4.69, 9.17) is 19.7 Å². The van der Waals surface area contributed by atoms with Crippen molar-refractivity contribution in [2.75, 3.05) is 19.8 Å². The van der Waals surface area contributed by atoms with E-state index >= 15 is 0 Å². The van der Waals surface area contributed by atoms with E-state index in [0.717, 1.165) is 51.5 Å². The Labute approximate surface area is 209 Å².